The number of carbonyl (C=O) groups excluding carboxylic acids is 2. The molecule has 0 aliphatic carbocycles. The van der Waals surface area contributed by atoms with Crippen molar-refractivity contribution in [1.29, 1.82) is 0 Å². The van der Waals surface area contributed by atoms with Crippen LogP contribution in [-0.2, 0) is 9.53 Å². The third-order valence-corrected chi connectivity index (χ3v) is 2.94. The number of benzene rings is 1. The largest absolute Gasteiger partial charge is 0.452 e. The summed E-state index contributed by atoms with van der Waals surface area (Å²) in [5.74, 6) is -1.37. The molecule has 1 aromatic carbocycles. The number of ether oxygens (including phenoxy) is 1. The highest BCUT2D eigenvalue weighted by Crippen LogP contribution is 2.27. The van der Waals surface area contributed by atoms with Gasteiger partial charge in [0, 0.05) is 18.5 Å². The fourth-order valence-electron chi connectivity index (χ4n) is 1.84. The van der Waals surface area contributed by atoms with Crippen LogP contribution in [0, 0.1) is 17.0 Å². The van der Waals surface area contributed by atoms with E-state index < -0.39 is 23.4 Å². The fourth-order valence-corrected chi connectivity index (χ4v) is 1.84. The van der Waals surface area contributed by atoms with Crippen LogP contribution in [0.2, 0.25) is 0 Å². The van der Waals surface area contributed by atoms with E-state index >= 15 is 0 Å². The summed E-state index contributed by atoms with van der Waals surface area (Å²) in [5, 5.41) is 13.4. The van der Waals surface area contributed by atoms with Gasteiger partial charge in [-0.3, -0.25) is 19.9 Å². The number of esters is 1. The number of nitrogens with one attached hydrogen (secondary N) is 1. The van der Waals surface area contributed by atoms with Crippen LogP contribution in [0.5, 0.6) is 0 Å². The van der Waals surface area contributed by atoms with Crippen molar-refractivity contribution in [2.24, 2.45) is 0 Å². The average Bonchev–Trinajstić information content (AvgIpc) is 2.55. The zero-order chi connectivity index (χ0) is 16.8. The molecule has 0 saturated carbocycles. The summed E-state index contributed by atoms with van der Waals surface area (Å²) < 4.78 is 4.84. The Morgan fingerprint density at radius 3 is 2.74 bits per heavy atom. The van der Waals surface area contributed by atoms with Gasteiger partial charge in [-0.1, -0.05) is 12.1 Å². The van der Waals surface area contributed by atoms with Crippen molar-refractivity contribution in [3.8, 4) is 0 Å². The number of para-hydroxylation sites is 1. The van der Waals surface area contributed by atoms with E-state index in [0.717, 1.165) is 0 Å². The first-order chi connectivity index (χ1) is 11.0. The summed E-state index contributed by atoms with van der Waals surface area (Å²) in [6.07, 6.45) is 2.81. The molecule has 0 fully saturated rings. The topological polar surface area (TPSA) is 111 Å². The normalized spacial score (nSPS) is 9.96. The first-order valence-electron chi connectivity index (χ1n) is 6.60. The lowest BCUT2D eigenvalue weighted by Gasteiger charge is -2.09. The Morgan fingerprint density at radius 1 is 1.30 bits per heavy atom. The maximum Gasteiger partial charge on any atom is 0.340 e. The summed E-state index contributed by atoms with van der Waals surface area (Å²) in [4.78, 5) is 37.7. The zero-order valence-electron chi connectivity index (χ0n) is 12.2. The highest BCUT2D eigenvalue weighted by molar-refractivity contribution is 5.97. The number of anilines is 1. The van der Waals surface area contributed by atoms with Gasteiger partial charge >= 0.3 is 5.97 Å². The van der Waals surface area contributed by atoms with E-state index in [4.69, 9.17) is 4.74 Å². The smallest absolute Gasteiger partial charge is 0.340 e. The van der Waals surface area contributed by atoms with E-state index in [1.54, 1.807) is 19.1 Å². The van der Waals surface area contributed by atoms with Gasteiger partial charge in [-0.25, -0.2) is 4.79 Å². The lowest BCUT2D eigenvalue weighted by Crippen LogP contribution is -2.22. The van der Waals surface area contributed by atoms with Gasteiger partial charge in [-0.2, -0.15) is 0 Å². The van der Waals surface area contributed by atoms with E-state index in [9.17, 15) is 19.7 Å². The lowest BCUT2D eigenvalue weighted by atomic mass is 10.1. The molecule has 8 heteroatoms. The number of hydrogen-bond acceptors (Lipinski definition) is 6. The molecular formula is C15H13N3O5. The fraction of sp³-hybridized carbons (Fsp3) is 0.133. The molecule has 2 aromatic rings. The highest BCUT2D eigenvalue weighted by Gasteiger charge is 2.18. The number of nitro benzene ring substituents is 1. The number of amides is 1. The minimum absolute atomic E-state index is 0.0833. The summed E-state index contributed by atoms with van der Waals surface area (Å²) >= 11 is 0. The highest BCUT2D eigenvalue weighted by atomic mass is 16.6. The van der Waals surface area contributed by atoms with Crippen molar-refractivity contribution < 1.29 is 19.2 Å². The standard InChI is InChI=1S/C15H13N3O5/c1-10-4-2-6-12(18(21)22)14(10)17-13(19)9-23-15(20)11-5-3-7-16-8-11/h2-8H,9H2,1H3,(H,17,19). The van der Waals surface area contributed by atoms with Gasteiger partial charge in [0.05, 0.1) is 10.5 Å². The molecule has 8 nitrogen and oxygen atoms in total. The lowest BCUT2D eigenvalue weighted by molar-refractivity contribution is -0.384. The average molecular weight is 315 g/mol. The van der Waals surface area contributed by atoms with Crippen molar-refractivity contribution >= 4 is 23.3 Å². The van der Waals surface area contributed by atoms with Crippen LogP contribution >= 0.6 is 0 Å². The SMILES string of the molecule is Cc1cccc([N+](=O)[O-])c1NC(=O)COC(=O)c1cccnc1. The van der Waals surface area contributed by atoms with Crippen molar-refractivity contribution in [2.45, 2.75) is 6.92 Å². The predicted octanol–water partition coefficient (Wildman–Crippen LogP) is 2.09. The number of rotatable bonds is 5. The molecular weight excluding hydrogens is 302 g/mol. The van der Waals surface area contributed by atoms with Crippen molar-refractivity contribution in [2.75, 3.05) is 11.9 Å². The van der Waals surface area contributed by atoms with Gasteiger partial charge in [-0.15, -0.1) is 0 Å². The van der Waals surface area contributed by atoms with E-state index in [1.807, 2.05) is 0 Å². The van der Waals surface area contributed by atoms with Crippen LogP contribution in [0.1, 0.15) is 15.9 Å². The molecule has 0 aliphatic heterocycles. The van der Waals surface area contributed by atoms with Crippen molar-refractivity contribution in [1.82, 2.24) is 4.98 Å². The molecule has 0 saturated heterocycles. The quantitative estimate of drug-likeness (QED) is 0.513. The zero-order valence-corrected chi connectivity index (χ0v) is 12.2. The minimum atomic E-state index is -0.701. The number of hydrogen-bond donors (Lipinski definition) is 1. The summed E-state index contributed by atoms with van der Waals surface area (Å²) in [7, 11) is 0. The van der Waals surface area contributed by atoms with Gasteiger partial charge in [-0.05, 0) is 24.6 Å². The first-order valence-corrected chi connectivity index (χ1v) is 6.60. The molecule has 0 aliphatic rings. The van der Waals surface area contributed by atoms with Crippen molar-refractivity contribution in [3.05, 3.63) is 64.0 Å². The predicted molar refractivity (Wildman–Crippen MR) is 81.0 cm³/mol. The Kier molecular flexibility index (Phi) is 4.98. The van der Waals surface area contributed by atoms with E-state index in [0.29, 0.717) is 5.56 Å². The molecule has 1 N–H and O–H groups in total. The number of aryl methyl sites for hydroxylation is 1. The third kappa shape index (κ3) is 4.10. The molecule has 1 aromatic heterocycles. The Labute approximate surface area is 131 Å². The van der Waals surface area contributed by atoms with Crippen LogP contribution in [0.4, 0.5) is 11.4 Å². The van der Waals surface area contributed by atoms with Crippen LogP contribution < -0.4 is 5.32 Å². The van der Waals surface area contributed by atoms with E-state index in [1.165, 1.54) is 30.6 Å². The second kappa shape index (κ2) is 7.12. The number of aromatic nitrogens is 1. The number of carbonyl (C=O) groups is 2. The summed E-state index contributed by atoms with van der Waals surface area (Å²) in [5.41, 5.74) is 0.602. The number of pyridine rings is 1. The maximum atomic E-state index is 11.8. The second-order valence-electron chi connectivity index (χ2n) is 4.59. The molecule has 0 atom stereocenters. The molecule has 23 heavy (non-hydrogen) atoms. The Bertz CT molecular complexity index is 746. The van der Waals surface area contributed by atoms with Gasteiger partial charge in [0.1, 0.15) is 5.69 Å². The second-order valence-corrected chi connectivity index (χ2v) is 4.59. The van der Waals surface area contributed by atoms with Crippen molar-refractivity contribution in [3.63, 3.8) is 0 Å². The van der Waals surface area contributed by atoms with Gasteiger partial charge < -0.3 is 10.1 Å². The Balaban J connectivity index is 2.01. The number of nitro groups is 1. The summed E-state index contributed by atoms with van der Waals surface area (Å²) in [6, 6.07) is 7.49. The van der Waals surface area contributed by atoms with E-state index in [2.05, 4.69) is 10.3 Å². The monoisotopic (exact) mass is 315 g/mol. The molecule has 1 heterocycles. The molecule has 0 spiro atoms. The van der Waals surface area contributed by atoms with Crippen LogP contribution in [0.25, 0.3) is 0 Å². The molecule has 0 unspecified atom stereocenters. The van der Waals surface area contributed by atoms with Gasteiger partial charge in [0.15, 0.2) is 6.61 Å². The minimum Gasteiger partial charge on any atom is -0.452 e. The van der Waals surface area contributed by atoms with Crippen LogP contribution in [0.15, 0.2) is 42.7 Å². The molecule has 1 amide bonds. The van der Waals surface area contributed by atoms with Crippen LogP contribution in [0.3, 0.4) is 0 Å². The van der Waals surface area contributed by atoms with Gasteiger partial charge in [0.25, 0.3) is 11.6 Å². The Hall–Kier alpha value is -3.29. The molecule has 2 rings (SSSR count). The first kappa shape index (κ1) is 16.1. The number of nitrogens with zero attached hydrogens (tertiary/aromatic N) is 2. The summed E-state index contributed by atoms with van der Waals surface area (Å²) in [6.45, 7) is 1.07. The molecule has 118 valence electrons. The maximum absolute atomic E-state index is 11.8. The third-order valence-electron chi connectivity index (χ3n) is 2.94. The van der Waals surface area contributed by atoms with E-state index in [-0.39, 0.29) is 16.9 Å². The molecule has 0 radical (unpaired) electrons. The van der Waals surface area contributed by atoms with Crippen LogP contribution in [-0.4, -0.2) is 28.4 Å². The van der Waals surface area contributed by atoms with Gasteiger partial charge in [0.2, 0.25) is 0 Å². The molecule has 0 bridgehead atoms. The Morgan fingerprint density at radius 2 is 2.09 bits per heavy atom.